The molecule has 0 radical (unpaired) electrons. The van der Waals surface area contributed by atoms with Crippen LogP contribution in [0.15, 0.2) is 29.6 Å². The molecule has 1 aromatic heterocycles. The van der Waals surface area contributed by atoms with Crippen LogP contribution in [0.2, 0.25) is 0 Å². The standard InChI is InChI=1S/C15H19N3O2S/c1-3-12(8-19)17-15(20)18-13-6-4-11(5-7-13)14-16-10(2)9-21-14/h4-7,9,12,19H,3,8H2,1-2H3,(H2,17,18,20). The smallest absolute Gasteiger partial charge is 0.319 e. The lowest BCUT2D eigenvalue weighted by atomic mass is 10.2. The number of nitrogens with one attached hydrogen (secondary N) is 2. The molecule has 0 saturated heterocycles. The molecule has 6 heteroatoms. The van der Waals surface area contributed by atoms with Gasteiger partial charge in [0.2, 0.25) is 0 Å². The highest BCUT2D eigenvalue weighted by atomic mass is 32.1. The Morgan fingerprint density at radius 1 is 1.38 bits per heavy atom. The molecule has 1 heterocycles. The van der Waals surface area contributed by atoms with Crippen LogP contribution < -0.4 is 10.6 Å². The fourth-order valence-electron chi connectivity index (χ4n) is 1.81. The number of aromatic nitrogens is 1. The van der Waals surface area contributed by atoms with E-state index in [2.05, 4.69) is 15.6 Å². The lowest BCUT2D eigenvalue weighted by Gasteiger charge is -2.14. The van der Waals surface area contributed by atoms with Crippen LogP contribution in [0.25, 0.3) is 10.6 Å². The number of carbonyl (C=O) groups is 1. The Hall–Kier alpha value is -1.92. The Kier molecular flexibility index (Phi) is 5.30. The van der Waals surface area contributed by atoms with Gasteiger partial charge >= 0.3 is 6.03 Å². The van der Waals surface area contributed by atoms with Gasteiger partial charge in [0.25, 0.3) is 0 Å². The van der Waals surface area contributed by atoms with Crippen molar-refractivity contribution in [1.29, 1.82) is 0 Å². The minimum atomic E-state index is -0.311. The van der Waals surface area contributed by atoms with Crippen molar-refractivity contribution in [2.45, 2.75) is 26.3 Å². The number of carbonyl (C=O) groups excluding carboxylic acids is 1. The van der Waals surface area contributed by atoms with Crippen molar-refractivity contribution in [2.24, 2.45) is 0 Å². The van der Waals surface area contributed by atoms with E-state index in [0.717, 1.165) is 16.3 Å². The number of aryl methyl sites for hydroxylation is 1. The molecule has 5 nitrogen and oxygen atoms in total. The van der Waals surface area contributed by atoms with Crippen molar-refractivity contribution in [1.82, 2.24) is 10.3 Å². The van der Waals surface area contributed by atoms with Gasteiger partial charge < -0.3 is 15.7 Å². The van der Waals surface area contributed by atoms with Gasteiger partial charge in [-0.2, -0.15) is 0 Å². The summed E-state index contributed by atoms with van der Waals surface area (Å²) in [6.07, 6.45) is 0.687. The van der Waals surface area contributed by atoms with Gasteiger partial charge in [0, 0.05) is 22.3 Å². The molecule has 1 unspecified atom stereocenters. The van der Waals surface area contributed by atoms with Gasteiger partial charge in [-0.25, -0.2) is 9.78 Å². The molecule has 3 N–H and O–H groups in total. The Balaban J connectivity index is 1.98. The zero-order valence-corrected chi connectivity index (χ0v) is 12.9. The van der Waals surface area contributed by atoms with E-state index in [1.165, 1.54) is 0 Å². The van der Waals surface area contributed by atoms with Gasteiger partial charge in [0.15, 0.2) is 0 Å². The molecule has 0 aliphatic rings. The second-order valence-corrected chi connectivity index (χ2v) is 5.62. The molecular weight excluding hydrogens is 286 g/mol. The fourth-order valence-corrected chi connectivity index (χ4v) is 2.62. The molecule has 0 bridgehead atoms. The van der Waals surface area contributed by atoms with E-state index in [-0.39, 0.29) is 18.7 Å². The van der Waals surface area contributed by atoms with E-state index < -0.39 is 0 Å². The van der Waals surface area contributed by atoms with Crippen LogP contribution in [0.4, 0.5) is 10.5 Å². The monoisotopic (exact) mass is 305 g/mol. The number of hydrogen-bond donors (Lipinski definition) is 3. The lowest BCUT2D eigenvalue weighted by molar-refractivity contribution is 0.222. The maximum Gasteiger partial charge on any atom is 0.319 e. The van der Waals surface area contributed by atoms with E-state index in [0.29, 0.717) is 12.1 Å². The van der Waals surface area contributed by atoms with Crippen LogP contribution >= 0.6 is 11.3 Å². The molecular formula is C15H19N3O2S. The average molecular weight is 305 g/mol. The summed E-state index contributed by atoms with van der Waals surface area (Å²) in [5, 5.41) is 17.5. The third-order valence-electron chi connectivity index (χ3n) is 3.06. The van der Waals surface area contributed by atoms with Crippen molar-refractivity contribution >= 4 is 23.1 Å². The molecule has 1 atom stereocenters. The summed E-state index contributed by atoms with van der Waals surface area (Å²) in [6.45, 7) is 3.81. The number of benzene rings is 1. The largest absolute Gasteiger partial charge is 0.394 e. The van der Waals surface area contributed by atoms with E-state index >= 15 is 0 Å². The Morgan fingerprint density at radius 3 is 2.62 bits per heavy atom. The van der Waals surface area contributed by atoms with E-state index in [1.807, 2.05) is 43.5 Å². The van der Waals surface area contributed by atoms with Crippen LogP contribution in [0.5, 0.6) is 0 Å². The van der Waals surface area contributed by atoms with Crippen LogP contribution in [0, 0.1) is 6.92 Å². The van der Waals surface area contributed by atoms with Crippen LogP contribution in [-0.4, -0.2) is 28.8 Å². The zero-order valence-electron chi connectivity index (χ0n) is 12.1. The molecule has 2 rings (SSSR count). The van der Waals surface area contributed by atoms with Crippen molar-refractivity contribution < 1.29 is 9.90 Å². The normalized spacial score (nSPS) is 12.0. The maximum absolute atomic E-state index is 11.8. The minimum Gasteiger partial charge on any atom is -0.394 e. The second-order valence-electron chi connectivity index (χ2n) is 4.76. The first-order valence-corrected chi connectivity index (χ1v) is 7.71. The summed E-state index contributed by atoms with van der Waals surface area (Å²) in [6, 6.07) is 7.00. The Morgan fingerprint density at radius 2 is 2.10 bits per heavy atom. The predicted molar refractivity (Wildman–Crippen MR) is 85.6 cm³/mol. The average Bonchev–Trinajstić information content (AvgIpc) is 2.92. The summed E-state index contributed by atoms with van der Waals surface area (Å²) in [4.78, 5) is 16.2. The SMILES string of the molecule is CCC(CO)NC(=O)Nc1ccc(-c2nc(C)cs2)cc1. The molecule has 0 fully saturated rings. The molecule has 112 valence electrons. The molecule has 0 spiro atoms. The molecule has 0 aliphatic carbocycles. The summed E-state index contributed by atoms with van der Waals surface area (Å²) in [7, 11) is 0. The first kappa shape index (κ1) is 15.5. The number of anilines is 1. The van der Waals surface area contributed by atoms with Gasteiger partial charge in [-0.1, -0.05) is 6.92 Å². The highest BCUT2D eigenvalue weighted by molar-refractivity contribution is 7.13. The highest BCUT2D eigenvalue weighted by Crippen LogP contribution is 2.24. The fraction of sp³-hybridized carbons (Fsp3) is 0.333. The number of urea groups is 1. The van der Waals surface area contributed by atoms with Gasteiger partial charge in [0.1, 0.15) is 5.01 Å². The number of nitrogens with zero attached hydrogens (tertiary/aromatic N) is 1. The zero-order chi connectivity index (χ0) is 15.2. The van der Waals surface area contributed by atoms with Gasteiger partial charge in [-0.15, -0.1) is 11.3 Å². The van der Waals surface area contributed by atoms with Crippen molar-refractivity contribution in [3.63, 3.8) is 0 Å². The topological polar surface area (TPSA) is 74.2 Å². The number of aliphatic hydroxyl groups is 1. The van der Waals surface area contributed by atoms with Crippen LogP contribution in [-0.2, 0) is 0 Å². The van der Waals surface area contributed by atoms with Crippen LogP contribution in [0.1, 0.15) is 19.0 Å². The number of aliphatic hydroxyl groups excluding tert-OH is 1. The van der Waals surface area contributed by atoms with Gasteiger partial charge in [-0.05, 0) is 37.6 Å². The quantitative estimate of drug-likeness (QED) is 0.795. The van der Waals surface area contributed by atoms with Crippen molar-refractivity contribution in [3.05, 3.63) is 35.3 Å². The number of rotatable bonds is 5. The number of hydrogen-bond acceptors (Lipinski definition) is 4. The first-order chi connectivity index (χ1) is 10.1. The first-order valence-electron chi connectivity index (χ1n) is 6.83. The molecule has 2 aromatic rings. The van der Waals surface area contributed by atoms with Crippen LogP contribution in [0.3, 0.4) is 0 Å². The van der Waals surface area contributed by atoms with E-state index in [4.69, 9.17) is 5.11 Å². The Bertz CT molecular complexity index is 591. The summed E-state index contributed by atoms with van der Waals surface area (Å²) in [5.41, 5.74) is 2.74. The molecule has 1 aromatic carbocycles. The number of amides is 2. The summed E-state index contributed by atoms with van der Waals surface area (Å²) in [5.74, 6) is 0. The lowest BCUT2D eigenvalue weighted by Crippen LogP contribution is -2.39. The minimum absolute atomic E-state index is 0.0632. The third kappa shape index (κ3) is 4.27. The Labute approximate surface area is 128 Å². The second kappa shape index (κ2) is 7.19. The highest BCUT2D eigenvalue weighted by Gasteiger charge is 2.09. The predicted octanol–water partition coefficient (Wildman–Crippen LogP) is 3.01. The maximum atomic E-state index is 11.8. The molecule has 0 saturated carbocycles. The van der Waals surface area contributed by atoms with Gasteiger partial charge in [0.05, 0.1) is 12.6 Å². The third-order valence-corrected chi connectivity index (χ3v) is 4.07. The van der Waals surface area contributed by atoms with Crippen molar-refractivity contribution in [3.8, 4) is 10.6 Å². The molecule has 0 aliphatic heterocycles. The van der Waals surface area contributed by atoms with E-state index in [1.54, 1.807) is 11.3 Å². The van der Waals surface area contributed by atoms with E-state index in [9.17, 15) is 4.79 Å². The van der Waals surface area contributed by atoms with Gasteiger partial charge in [-0.3, -0.25) is 0 Å². The molecule has 21 heavy (non-hydrogen) atoms. The summed E-state index contributed by atoms with van der Waals surface area (Å²) < 4.78 is 0. The number of thiazole rings is 1. The van der Waals surface area contributed by atoms with Crippen molar-refractivity contribution in [2.75, 3.05) is 11.9 Å². The summed E-state index contributed by atoms with van der Waals surface area (Å²) >= 11 is 1.60. The molecule has 2 amide bonds.